The minimum atomic E-state index is -3.61. The predicted octanol–water partition coefficient (Wildman–Crippen LogP) is 3.69. The van der Waals surface area contributed by atoms with Crippen LogP contribution in [0.2, 0.25) is 4.34 Å². The molecule has 8 heteroatoms. The Bertz CT molecular complexity index is 791. The lowest BCUT2D eigenvalue weighted by molar-refractivity contribution is -0.0556. The van der Waals surface area contributed by atoms with Gasteiger partial charge in [0.25, 0.3) is 10.0 Å². The Labute approximate surface area is 143 Å². The average Bonchev–Trinajstić information content (AvgIpc) is 2.95. The van der Waals surface area contributed by atoms with Gasteiger partial charge in [0.05, 0.1) is 16.5 Å². The highest BCUT2D eigenvalue weighted by Crippen LogP contribution is 2.32. The predicted molar refractivity (Wildman–Crippen MR) is 87.8 cm³/mol. The topological polar surface area (TPSA) is 46.6 Å². The summed E-state index contributed by atoms with van der Waals surface area (Å²) >= 11 is 6.88. The van der Waals surface area contributed by atoms with Gasteiger partial charge in [0.15, 0.2) is 0 Å². The summed E-state index contributed by atoms with van der Waals surface area (Å²) < 4.78 is 46.4. The van der Waals surface area contributed by atoms with E-state index >= 15 is 0 Å². The molecular formula is C15H15ClFNO3S2. The van der Waals surface area contributed by atoms with E-state index in [9.17, 15) is 12.8 Å². The standard InChI is InChI=1S/C15H15ClFNO3S2/c1-10-8-18(23(19,20)15-7-6-14(16)22-15)9-13(21-10)11-2-4-12(17)5-3-11/h2-7,10,13H,8-9H2,1H3. The molecule has 1 fully saturated rings. The minimum absolute atomic E-state index is 0.188. The van der Waals surface area contributed by atoms with Crippen LogP contribution >= 0.6 is 22.9 Å². The van der Waals surface area contributed by atoms with Gasteiger partial charge in [-0.25, -0.2) is 12.8 Å². The zero-order chi connectivity index (χ0) is 16.6. The molecule has 0 bridgehead atoms. The molecule has 4 nitrogen and oxygen atoms in total. The van der Waals surface area contributed by atoms with Gasteiger partial charge in [-0.15, -0.1) is 11.3 Å². The van der Waals surface area contributed by atoms with E-state index < -0.39 is 16.1 Å². The summed E-state index contributed by atoms with van der Waals surface area (Å²) in [6.45, 7) is 2.28. The summed E-state index contributed by atoms with van der Waals surface area (Å²) in [4.78, 5) is 0. The normalized spacial score (nSPS) is 23.1. The number of ether oxygens (including phenoxy) is 1. The van der Waals surface area contributed by atoms with E-state index in [1.165, 1.54) is 22.5 Å². The van der Waals surface area contributed by atoms with Gasteiger partial charge in [-0.05, 0) is 36.8 Å². The summed E-state index contributed by atoms with van der Waals surface area (Å²) in [5.74, 6) is -0.338. The second-order valence-electron chi connectivity index (χ2n) is 5.37. The van der Waals surface area contributed by atoms with Crippen LogP contribution in [0.4, 0.5) is 4.39 Å². The molecule has 1 aromatic carbocycles. The SMILES string of the molecule is CC1CN(S(=O)(=O)c2ccc(Cl)s2)CC(c2ccc(F)cc2)O1. The maximum Gasteiger partial charge on any atom is 0.252 e. The van der Waals surface area contributed by atoms with Crippen LogP contribution in [-0.4, -0.2) is 31.9 Å². The van der Waals surface area contributed by atoms with E-state index in [0.717, 1.165) is 16.9 Å². The van der Waals surface area contributed by atoms with Crippen LogP contribution in [0, 0.1) is 5.82 Å². The molecule has 1 aliphatic rings. The van der Waals surface area contributed by atoms with Gasteiger partial charge >= 0.3 is 0 Å². The molecule has 124 valence electrons. The molecule has 0 aliphatic carbocycles. The van der Waals surface area contributed by atoms with Crippen molar-refractivity contribution in [1.82, 2.24) is 4.31 Å². The number of morpholine rings is 1. The number of halogens is 2. The summed E-state index contributed by atoms with van der Waals surface area (Å²) in [6.07, 6.45) is -0.687. The molecule has 2 heterocycles. The van der Waals surface area contributed by atoms with Gasteiger partial charge < -0.3 is 4.74 Å². The number of thiophene rings is 1. The highest BCUT2D eigenvalue weighted by molar-refractivity contribution is 7.91. The van der Waals surface area contributed by atoms with E-state index in [4.69, 9.17) is 16.3 Å². The van der Waals surface area contributed by atoms with E-state index in [2.05, 4.69) is 0 Å². The molecule has 23 heavy (non-hydrogen) atoms. The molecule has 1 aliphatic heterocycles. The number of benzene rings is 1. The Morgan fingerprint density at radius 1 is 1.22 bits per heavy atom. The van der Waals surface area contributed by atoms with Crippen molar-refractivity contribution >= 4 is 33.0 Å². The van der Waals surface area contributed by atoms with Crippen molar-refractivity contribution in [2.75, 3.05) is 13.1 Å². The van der Waals surface area contributed by atoms with Crippen LogP contribution in [0.25, 0.3) is 0 Å². The van der Waals surface area contributed by atoms with Gasteiger partial charge in [-0.3, -0.25) is 0 Å². The molecule has 2 aromatic rings. The smallest absolute Gasteiger partial charge is 0.252 e. The molecule has 2 atom stereocenters. The van der Waals surface area contributed by atoms with Gasteiger partial charge in [0.1, 0.15) is 10.0 Å². The van der Waals surface area contributed by atoms with E-state index in [1.54, 1.807) is 18.2 Å². The highest BCUT2D eigenvalue weighted by Gasteiger charge is 2.35. The van der Waals surface area contributed by atoms with Crippen LogP contribution in [0.3, 0.4) is 0 Å². The van der Waals surface area contributed by atoms with Crippen LogP contribution in [0.1, 0.15) is 18.6 Å². The first-order chi connectivity index (χ1) is 10.9. The van der Waals surface area contributed by atoms with Crippen molar-refractivity contribution in [2.45, 2.75) is 23.3 Å². The summed E-state index contributed by atoms with van der Waals surface area (Å²) in [6, 6.07) is 9.00. The third-order valence-electron chi connectivity index (χ3n) is 3.61. The van der Waals surface area contributed by atoms with Gasteiger partial charge in [0.2, 0.25) is 0 Å². The van der Waals surface area contributed by atoms with Crippen molar-refractivity contribution in [1.29, 1.82) is 0 Å². The number of hydrogen-bond acceptors (Lipinski definition) is 4. The minimum Gasteiger partial charge on any atom is -0.368 e. The maximum atomic E-state index is 13.1. The Balaban J connectivity index is 1.87. The van der Waals surface area contributed by atoms with Crippen molar-refractivity contribution < 1.29 is 17.5 Å². The lowest BCUT2D eigenvalue weighted by Gasteiger charge is -2.35. The average molecular weight is 376 g/mol. The van der Waals surface area contributed by atoms with Crippen molar-refractivity contribution in [3.63, 3.8) is 0 Å². The molecule has 0 radical (unpaired) electrons. The highest BCUT2D eigenvalue weighted by atomic mass is 35.5. The Morgan fingerprint density at radius 3 is 2.52 bits per heavy atom. The molecule has 0 saturated carbocycles. The zero-order valence-corrected chi connectivity index (χ0v) is 14.7. The lowest BCUT2D eigenvalue weighted by Crippen LogP contribution is -2.45. The first kappa shape index (κ1) is 16.9. The fourth-order valence-corrected chi connectivity index (χ4v) is 5.69. The van der Waals surface area contributed by atoms with Gasteiger partial charge in [-0.2, -0.15) is 4.31 Å². The molecule has 0 spiro atoms. The van der Waals surface area contributed by atoms with Crippen LogP contribution in [-0.2, 0) is 14.8 Å². The van der Waals surface area contributed by atoms with Crippen molar-refractivity contribution in [3.05, 3.63) is 52.1 Å². The number of rotatable bonds is 3. The van der Waals surface area contributed by atoms with Crippen LogP contribution in [0.15, 0.2) is 40.6 Å². The second-order valence-corrected chi connectivity index (χ2v) is 9.25. The van der Waals surface area contributed by atoms with E-state index in [0.29, 0.717) is 4.34 Å². The lowest BCUT2D eigenvalue weighted by atomic mass is 10.1. The fourth-order valence-electron chi connectivity index (χ4n) is 2.53. The zero-order valence-electron chi connectivity index (χ0n) is 12.3. The van der Waals surface area contributed by atoms with E-state index in [1.807, 2.05) is 6.92 Å². The number of nitrogens with zero attached hydrogens (tertiary/aromatic N) is 1. The van der Waals surface area contributed by atoms with Gasteiger partial charge in [0, 0.05) is 13.1 Å². The molecule has 0 N–H and O–H groups in total. The summed E-state index contributed by atoms with van der Waals surface area (Å²) in [5, 5.41) is 0. The van der Waals surface area contributed by atoms with Crippen LogP contribution < -0.4 is 0 Å². The van der Waals surface area contributed by atoms with E-state index in [-0.39, 0.29) is 29.2 Å². The fraction of sp³-hybridized carbons (Fsp3) is 0.333. The number of hydrogen-bond donors (Lipinski definition) is 0. The first-order valence-electron chi connectivity index (χ1n) is 7.02. The Morgan fingerprint density at radius 2 is 1.91 bits per heavy atom. The largest absolute Gasteiger partial charge is 0.368 e. The van der Waals surface area contributed by atoms with Gasteiger partial charge in [-0.1, -0.05) is 23.7 Å². The molecule has 1 aromatic heterocycles. The summed E-state index contributed by atoms with van der Waals surface area (Å²) in [7, 11) is -3.61. The monoisotopic (exact) mass is 375 g/mol. The third kappa shape index (κ3) is 3.59. The second kappa shape index (κ2) is 6.49. The maximum absolute atomic E-state index is 13.1. The number of sulfonamides is 1. The Kier molecular flexibility index (Phi) is 4.75. The third-order valence-corrected chi connectivity index (χ3v) is 7.14. The summed E-state index contributed by atoms with van der Waals surface area (Å²) in [5.41, 5.74) is 0.752. The molecular weight excluding hydrogens is 361 g/mol. The Hall–Kier alpha value is -0.990. The molecule has 1 saturated heterocycles. The van der Waals surface area contributed by atoms with Crippen LogP contribution in [0.5, 0.6) is 0 Å². The van der Waals surface area contributed by atoms with Crippen molar-refractivity contribution in [3.8, 4) is 0 Å². The first-order valence-corrected chi connectivity index (χ1v) is 9.66. The van der Waals surface area contributed by atoms with Crippen molar-refractivity contribution in [2.24, 2.45) is 0 Å². The molecule has 2 unspecified atom stereocenters. The quantitative estimate of drug-likeness (QED) is 0.821. The molecule has 0 amide bonds. The molecule has 3 rings (SSSR count).